The molecule has 0 aromatic carbocycles. The van der Waals surface area contributed by atoms with Gasteiger partial charge >= 0.3 is 0 Å². The molecular formula is C16H16ClN3O2. The molecule has 0 aliphatic carbocycles. The SMILES string of the molecule is O=C(c1ccccn1)N1CCCC(Oc2ccncc2Cl)C1. The van der Waals surface area contributed by atoms with Crippen LogP contribution in [0.2, 0.25) is 5.02 Å². The van der Waals surface area contributed by atoms with Crippen molar-refractivity contribution < 1.29 is 9.53 Å². The third-order valence-electron chi connectivity index (χ3n) is 3.58. The minimum absolute atomic E-state index is 0.0604. The van der Waals surface area contributed by atoms with Crippen LogP contribution in [0.25, 0.3) is 0 Å². The van der Waals surface area contributed by atoms with Crippen molar-refractivity contribution in [3.63, 3.8) is 0 Å². The Hall–Kier alpha value is -2.14. The zero-order valence-corrected chi connectivity index (χ0v) is 12.7. The van der Waals surface area contributed by atoms with E-state index in [-0.39, 0.29) is 12.0 Å². The van der Waals surface area contributed by atoms with Crippen LogP contribution in [-0.4, -0.2) is 40.0 Å². The molecule has 1 amide bonds. The molecule has 0 radical (unpaired) electrons. The number of rotatable bonds is 3. The van der Waals surface area contributed by atoms with Gasteiger partial charge in [-0.15, -0.1) is 0 Å². The van der Waals surface area contributed by atoms with E-state index < -0.39 is 0 Å². The second kappa shape index (κ2) is 6.75. The van der Waals surface area contributed by atoms with Gasteiger partial charge in [-0.05, 0) is 25.0 Å². The Bertz CT molecular complexity index is 651. The van der Waals surface area contributed by atoms with E-state index in [2.05, 4.69) is 9.97 Å². The molecule has 1 atom stereocenters. The van der Waals surface area contributed by atoms with Crippen molar-refractivity contribution in [3.05, 3.63) is 53.6 Å². The summed E-state index contributed by atoms with van der Waals surface area (Å²) >= 11 is 6.06. The van der Waals surface area contributed by atoms with Crippen LogP contribution in [-0.2, 0) is 0 Å². The molecule has 1 aliphatic rings. The van der Waals surface area contributed by atoms with Crippen LogP contribution in [0.5, 0.6) is 5.75 Å². The summed E-state index contributed by atoms with van der Waals surface area (Å²) in [5, 5.41) is 0.482. The second-order valence-electron chi connectivity index (χ2n) is 5.15. The molecule has 5 nitrogen and oxygen atoms in total. The fraction of sp³-hybridized carbons (Fsp3) is 0.312. The molecule has 1 unspecified atom stereocenters. The van der Waals surface area contributed by atoms with Crippen LogP contribution in [0.3, 0.4) is 0 Å². The van der Waals surface area contributed by atoms with E-state index in [4.69, 9.17) is 16.3 Å². The largest absolute Gasteiger partial charge is 0.487 e. The first kappa shape index (κ1) is 14.8. The Morgan fingerprint density at radius 1 is 1.32 bits per heavy atom. The molecule has 6 heteroatoms. The minimum Gasteiger partial charge on any atom is -0.487 e. The van der Waals surface area contributed by atoms with Crippen molar-refractivity contribution in [3.8, 4) is 5.75 Å². The standard InChI is InChI=1S/C16H16ClN3O2/c17-13-10-18-8-6-15(13)22-12-4-3-9-20(11-12)16(21)14-5-1-2-7-19-14/h1-2,5-8,10,12H,3-4,9,11H2. The van der Waals surface area contributed by atoms with Gasteiger partial charge in [0.1, 0.15) is 22.6 Å². The molecule has 1 saturated heterocycles. The molecule has 1 aliphatic heterocycles. The lowest BCUT2D eigenvalue weighted by molar-refractivity contribution is 0.0533. The number of halogens is 1. The first-order chi connectivity index (χ1) is 10.7. The van der Waals surface area contributed by atoms with E-state index in [1.54, 1.807) is 41.7 Å². The van der Waals surface area contributed by atoms with Crippen molar-refractivity contribution in [2.24, 2.45) is 0 Å². The van der Waals surface area contributed by atoms with Gasteiger partial charge < -0.3 is 9.64 Å². The zero-order valence-electron chi connectivity index (χ0n) is 12.0. The molecule has 2 aromatic rings. The van der Waals surface area contributed by atoms with Crippen molar-refractivity contribution >= 4 is 17.5 Å². The highest BCUT2D eigenvalue weighted by molar-refractivity contribution is 6.31. The van der Waals surface area contributed by atoms with E-state index in [9.17, 15) is 4.79 Å². The summed E-state index contributed by atoms with van der Waals surface area (Å²) in [5.74, 6) is 0.545. The topological polar surface area (TPSA) is 55.3 Å². The molecule has 0 saturated carbocycles. The van der Waals surface area contributed by atoms with Gasteiger partial charge in [-0.25, -0.2) is 0 Å². The van der Waals surface area contributed by atoms with Gasteiger partial charge in [-0.3, -0.25) is 14.8 Å². The molecule has 0 bridgehead atoms. The summed E-state index contributed by atoms with van der Waals surface area (Å²) in [6.45, 7) is 1.26. The van der Waals surface area contributed by atoms with Crippen molar-refractivity contribution in [1.82, 2.24) is 14.9 Å². The normalized spacial score (nSPS) is 18.0. The number of nitrogens with zero attached hydrogens (tertiary/aromatic N) is 3. The lowest BCUT2D eigenvalue weighted by atomic mass is 10.1. The van der Waals surface area contributed by atoms with Gasteiger partial charge in [0.05, 0.1) is 6.54 Å². The van der Waals surface area contributed by atoms with Gasteiger partial charge in [-0.1, -0.05) is 17.7 Å². The number of aromatic nitrogens is 2. The molecule has 22 heavy (non-hydrogen) atoms. The first-order valence-electron chi connectivity index (χ1n) is 7.20. The minimum atomic E-state index is -0.0682. The number of ether oxygens (including phenoxy) is 1. The molecule has 0 N–H and O–H groups in total. The van der Waals surface area contributed by atoms with Crippen LogP contribution in [0.1, 0.15) is 23.3 Å². The quantitative estimate of drug-likeness (QED) is 0.873. The number of amides is 1. The molecule has 2 aromatic heterocycles. The summed E-state index contributed by atoms with van der Waals surface area (Å²) in [6, 6.07) is 7.08. The predicted octanol–water partition coefficient (Wildman–Crippen LogP) is 2.81. The third-order valence-corrected chi connectivity index (χ3v) is 3.86. The average Bonchev–Trinajstić information content (AvgIpc) is 2.57. The maximum Gasteiger partial charge on any atom is 0.272 e. The van der Waals surface area contributed by atoms with E-state index in [0.29, 0.717) is 23.0 Å². The first-order valence-corrected chi connectivity index (χ1v) is 7.58. The number of hydrogen-bond acceptors (Lipinski definition) is 4. The van der Waals surface area contributed by atoms with Crippen molar-refractivity contribution in [2.45, 2.75) is 18.9 Å². The number of likely N-dealkylation sites (tertiary alicyclic amines) is 1. The maximum atomic E-state index is 12.4. The van der Waals surface area contributed by atoms with Crippen LogP contribution in [0.15, 0.2) is 42.9 Å². The Kier molecular flexibility index (Phi) is 4.53. The summed E-state index contributed by atoms with van der Waals surface area (Å²) in [5.41, 5.74) is 0.463. The van der Waals surface area contributed by atoms with Crippen molar-refractivity contribution in [2.75, 3.05) is 13.1 Å². The second-order valence-corrected chi connectivity index (χ2v) is 5.56. The number of pyridine rings is 2. The smallest absolute Gasteiger partial charge is 0.272 e. The lowest BCUT2D eigenvalue weighted by Crippen LogP contribution is -2.44. The Labute approximate surface area is 133 Å². The van der Waals surface area contributed by atoms with Crippen LogP contribution >= 0.6 is 11.6 Å². The van der Waals surface area contributed by atoms with Crippen LogP contribution in [0.4, 0.5) is 0 Å². The molecule has 3 heterocycles. The zero-order chi connectivity index (χ0) is 15.4. The van der Waals surface area contributed by atoms with Crippen LogP contribution in [0, 0.1) is 0 Å². The van der Waals surface area contributed by atoms with Crippen LogP contribution < -0.4 is 4.74 Å². The van der Waals surface area contributed by atoms with Crippen molar-refractivity contribution in [1.29, 1.82) is 0 Å². The van der Waals surface area contributed by atoms with Gasteiger partial charge in [0.2, 0.25) is 0 Å². The fourth-order valence-corrected chi connectivity index (χ4v) is 2.67. The summed E-state index contributed by atoms with van der Waals surface area (Å²) < 4.78 is 5.92. The fourth-order valence-electron chi connectivity index (χ4n) is 2.51. The van der Waals surface area contributed by atoms with E-state index in [0.717, 1.165) is 19.4 Å². The average molecular weight is 318 g/mol. The Morgan fingerprint density at radius 3 is 3.00 bits per heavy atom. The number of carbonyl (C=O) groups excluding carboxylic acids is 1. The number of carbonyl (C=O) groups is 1. The summed E-state index contributed by atoms with van der Waals surface area (Å²) in [4.78, 5) is 22.3. The number of hydrogen-bond donors (Lipinski definition) is 0. The Balaban J connectivity index is 1.67. The van der Waals surface area contributed by atoms with E-state index in [1.165, 1.54) is 0 Å². The lowest BCUT2D eigenvalue weighted by Gasteiger charge is -2.32. The van der Waals surface area contributed by atoms with E-state index in [1.807, 2.05) is 6.07 Å². The van der Waals surface area contributed by atoms with Gasteiger partial charge in [0.25, 0.3) is 5.91 Å². The highest BCUT2D eigenvalue weighted by atomic mass is 35.5. The third kappa shape index (κ3) is 3.36. The summed E-state index contributed by atoms with van der Waals surface area (Å²) in [7, 11) is 0. The maximum absolute atomic E-state index is 12.4. The molecule has 1 fully saturated rings. The highest BCUT2D eigenvalue weighted by Crippen LogP contribution is 2.25. The Morgan fingerprint density at radius 2 is 2.23 bits per heavy atom. The van der Waals surface area contributed by atoms with Gasteiger partial charge in [0.15, 0.2) is 0 Å². The highest BCUT2D eigenvalue weighted by Gasteiger charge is 2.26. The molecular weight excluding hydrogens is 302 g/mol. The molecule has 3 rings (SSSR count). The number of piperidine rings is 1. The molecule has 0 spiro atoms. The predicted molar refractivity (Wildman–Crippen MR) is 83.0 cm³/mol. The van der Waals surface area contributed by atoms with Gasteiger partial charge in [0, 0.05) is 31.2 Å². The summed E-state index contributed by atoms with van der Waals surface area (Å²) in [6.07, 6.45) is 6.54. The molecule has 114 valence electrons. The monoisotopic (exact) mass is 317 g/mol. The van der Waals surface area contributed by atoms with Gasteiger partial charge in [-0.2, -0.15) is 0 Å². The van der Waals surface area contributed by atoms with E-state index >= 15 is 0 Å².